The number of anilines is 1. The summed E-state index contributed by atoms with van der Waals surface area (Å²) in [6.07, 6.45) is -2.72. The Labute approximate surface area is 99.8 Å². The fourth-order valence-electron chi connectivity index (χ4n) is 1.73. The quantitative estimate of drug-likeness (QED) is 0.649. The molecule has 1 aliphatic rings. The number of hydrogen-bond donors (Lipinski definition) is 3. The highest BCUT2D eigenvalue weighted by atomic mass is 16.7. The molecular formula is C12H17NO4. The van der Waals surface area contributed by atoms with E-state index in [9.17, 15) is 10.2 Å². The molecule has 17 heavy (non-hydrogen) atoms. The maximum Gasteiger partial charge on any atom is 0.228 e. The highest BCUT2D eigenvalue weighted by Gasteiger charge is 2.37. The summed E-state index contributed by atoms with van der Waals surface area (Å²) in [7, 11) is 0. The van der Waals surface area contributed by atoms with Gasteiger partial charge in [0.05, 0.1) is 12.7 Å². The van der Waals surface area contributed by atoms with E-state index in [2.05, 4.69) is 0 Å². The predicted molar refractivity (Wildman–Crippen MR) is 62.4 cm³/mol. The van der Waals surface area contributed by atoms with Crippen LogP contribution in [0.25, 0.3) is 0 Å². The molecule has 0 radical (unpaired) electrons. The second-order valence-corrected chi connectivity index (χ2v) is 4.35. The van der Waals surface area contributed by atoms with Gasteiger partial charge >= 0.3 is 0 Å². The van der Waals surface area contributed by atoms with Crippen molar-refractivity contribution in [2.24, 2.45) is 5.92 Å². The van der Waals surface area contributed by atoms with E-state index in [1.807, 2.05) is 6.92 Å². The van der Waals surface area contributed by atoms with Crippen molar-refractivity contribution in [1.29, 1.82) is 0 Å². The lowest BCUT2D eigenvalue weighted by atomic mass is 9.98. The zero-order valence-electron chi connectivity index (χ0n) is 9.61. The van der Waals surface area contributed by atoms with E-state index in [1.54, 1.807) is 24.3 Å². The van der Waals surface area contributed by atoms with Gasteiger partial charge in [-0.3, -0.25) is 0 Å². The smallest absolute Gasteiger partial charge is 0.228 e. The molecular weight excluding hydrogens is 222 g/mol. The summed E-state index contributed by atoms with van der Waals surface area (Å²) < 4.78 is 10.8. The number of aliphatic hydroxyl groups is 2. The monoisotopic (exact) mass is 239 g/mol. The van der Waals surface area contributed by atoms with Crippen molar-refractivity contribution >= 4 is 5.69 Å². The molecule has 4 N–H and O–H groups in total. The normalized spacial score (nSPS) is 33.4. The summed E-state index contributed by atoms with van der Waals surface area (Å²) in [5.74, 6) is 0.446. The Kier molecular flexibility index (Phi) is 3.51. The summed E-state index contributed by atoms with van der Waals surface area (Å²) in [6.45, 7) is 2.17. The molecule has 1 unspecified atom stereocenters. The molecule has 1 fully saturated rings. The maximum absolute atomic E-state index is 9.80. The highest BCUT2D eigenvalue weighted by Crippen LogP contribution is 2.23. The number of nitrogen functional groups attached to an aromatic ring is 1. The SMILES string of the molecule is C[C@H]1COC(Oc2ccc(N)cc2)[C@H](O)[C@@H]1O. The second-order valence-electron chi connectivity index (χ2n) is 4.35. The lowest BCUT2D eigenvalue weighted by Crippen LogP contribution is -2.51. The standard InChI is InChI=1S/C12H17NO4/c1-7-6-16-12(11(15)10(7)14)17-9-4-2-8(13)3-5-9/h2-5,7,10-12,14-15H,6,13H2,1H3/t7-,10+,11+,12?/m0/s1. The van der Waals surface area contributed by atoms with Gasteiger partial charge in [0.2, 0.25) is 6.29 Å². The highest BCUT2D eigenvalue weighted by molar-refractivity contribution is 5.41. The van der Waals surface area contributed by atoms with E-state index in [1.165, 1.54) is 0 Å². The molecule has 1 aliphatic heterocycles. The molecule has 2 rings (SSSR count). The average molecular weight is 239 g/mol. The molecule has 0 aliphatic carbocycles. The topological polar surface area (TPSA) is 84.9 Å². The summed E-state index contributed by atoms with van der Waals surface area (Å²) in [5, 5.41) is 19.5. The van der Waals surface area contributed by atoms with Crippen molar-refractivity contribution in [2.45, 2.75) is 25.4 Å². The van der Waals surface area contributed by atoms with E-state index < -0.39 is 18.5 Å². The Balaban J connectivity index is 2.01. The fraction of sp³-hybridized carbons (Fsp3) is 0.500. The van der Waals surface area contributed by atoms with Crippen molar-refractivity contribution in [1.82, 2.24) is 0 Å². The van der Waals surface area contributed by atoms with Gasteiger partial charge in [0.25, 0.3) is 0 Å². The van der Waals surface area contributed by atoms with Gasteiger partial charge < -0.3 is 25.4 Å². The fourth-order valence-corrected chi connectivity index (χ4v) is 1.73. The second kappa shape index (κ2) is 4.91. The van der Waals surface area contributed by atoms with Crippen LogP contribution in [-0.4, -0.2) is 35.3 Å². The van der Waals surface area contributed by atoms with E-state index in [0.29, 0.717) is 18.0 Å². The van der Waals surface area contributed by atoms with Gasteiger partial charge in [0, 0.05) is 11.6 Å². The van der Waals surface area contributed by atoms with Gasteiger partial charge in [-0.1, -0.05) is 6.92 Å². The minimum atomic E-state index is -1.05. The van der Waals surface area contributed by atoms with Crippen molar-refractivity contribution in [3.8, 4) is 5.75 Å². The molecule has 1 aromatic carbocycles. The third-order valence-corrected chi connectivity index (χ3v) is 2.87. The van der Waals surface area contributed by atoms with Crippen molar-refractivity contribution in [3.63, 3.8) is 0 Å². The van der Waals surface area contributed by atoms with Crippen LogP contribution < -0.4 is 10.5 Å². The van der Waals surface area contributed by atoms with Gasteiger partial charge in [0.15, 0.2) is 0 Å². The zero-order chi connectivity index (χ0) is 12.4. The summed E-state index contributed by atoms with van der Waals surface area (Å²) >= 11 is 0. The molecule has 5 nitrogen and oxygen atoms in total. The third-order valence-electron chi connectivity index (χ3n) is 2.87. The first-order chi connectivity index (χ1) is 8.08. The number of ether oxygens (including phenoxy) is 2. The molecule has 0 spiro atoms. The number of hydrogen-bond acceptors (Lipinski definition) is 5. The Morgan fingerprint density at radius 3 is 2.53 bits per heavy atom. The van der Waals surface area contributed by atoms with Gasteiger partial charge in [-0.05, 0) is 24.3 Å². The minimum absolute atomic E-state index is 0.101. The van der Waals surface area contributed by atoms with Crippen LogP contribution in [-0.2, 0) is 4.74 Å². The molecule has 94 valence electrons. The van der Waals surface area contributed by atoms with Crippen LogP contribution in [0, 0.1) is 5.92 Å². The van der Waals surface area contributed by atoms with E-state index in [4.69, 9.17) is 15.2 Å². The van der Waals surface area contributed by atoms with Crippen molar-refractivity contribution < 1.29 is 19.7 Å². The molecule has 0 aromatic heterocycles. The van der Waals surface area contributed by atoms with Crippen molar-refractivity contribution in [2.75, 3.05) is 12.3 Å². The Bertz CT molecular complexity index is 367. The van der Waals surface area contributed by atoms with Crippen LogP contribution in [0.2, 0.25) is 0 Å². The number of rotatable bonds is 2. The Morgan fingerprint density at radius 2 is 1.88 bits per heavy atom. The first kappa shape index (κ1) is 12.2. The van der Waals surface area contributed by atoms with E-state index >= 15 is 0 Å². The number of nitrogens with two attached hydrogens (primary N) is 1. The van der Waals surface area contributed by atoms with Gasteiger partial charge in [-0.2, -0.15) is 0 Å². The Hall–Kier alpha value is -1.30. The van der Waals surface area contributed by atoms with E-state index in [0.717, 1.165) is 0 Å². The Morgan fingerprint density at radius 1 is 1.24 bits per heavy atom. The molecule has 5 heteroatoms. The molecule has 0 amide bonds. The van der Waals surface area contributed by atoms with Crippen LogP contribution in [0.3, 0.4) is 0 Å². The minimum Gasteiger partial charge on any atom is -0.462 e. The molecule has 1 saturated heterocycles. The van der Waals surface area contributed by atoms with Crippen LogP contribution >= 0.6 is 0 Å². The van der Waals surface area contributed by atoms with Gasteiger partial charge in [0.1, 0.15) is 11.9 Å². The predicted octanol–water partition coefficient (Wildman–Crippen LogP) is 0.362. The lowest BCUT2D eigenvalue weighted by molar-refractivity contribution is -0.225. The lowest BCUT2D eigenvalue weighted by Gasteiger charge is -2.35. The summed E-state index contributed by atoms with van der Waals surface area (Å²) in [5.41, 5.74) is 6.19. The molecule has 0 bridgehead atoms. The molecule has 4 atom stereocenters. The van der Waals surface area contributed by atoms with Crippen LogP contribution in [0.4, 0.5) is 5.69 Å². The first-order valence-corrected chi connectivity index (χ1v) is 5.58. The average Bonchev–Trinajstić information content (AvgIpc) is 2.33. The zero-order valence-corrected chi connectivity index (χ0v) is 9.61. The maximum atomic E-state index is 9.80. The van der Waals surface area contributed by atoms with Crippen LogP contribution in [0.1, 0.15) is 6.92 Å². The van der Waals surface area contributed by atoms with Crippen LogP contribution in [0.15, 0.2) is 24.3 Å². The summed E-state index contributed by atoms with van der Waals surface area (Å²) in [6, 6.07) is 6.78. The first-order valence-electron chi connectivity index (χ1n) is 5.58. The molecule has 1 aromatic rings. The van der Waals surface area contributed by atoms with Gasteiger partial charge in [-0.25, -0.2) is 0 Å². The number of aliphatic hydroxyl groups excluding tert-OH is 2. The largest absolute Gasteiger partial charge is 0.462 e. The van der Waals surface area contributed by atoms with Crippen LogP contribution in [0.5, 0.6) is 5.75 Å². The van der Waals surface area contributed by atoms with E-state index in [-0.39, 0.29) is 5.92 Å². The molecule has 0 saturated carbocycles. The molecule has 1 heterocycles. The third kappa shape index (κ3) is 2.69. The summed E-state index contributed by atoms with van der Waals surface area (Å²) in [4.78, 5) is 0. The van der Waals surface area contributed by atoms with Gasteiger partial charge in [-0.15, -0.1) is 0 Å². The van der Waals surface area contributed by atoms with Crippen molar-refractivity contribution in [3.05, 3.63) is 24.3 Å². The number of benzene rings is 1.